The molecule has 0 amide bonds. The third-order valence-corrected chi connectivity index (χ3v) is 2.94. The molecule has 4 nitrogen and oxygen atoms in total. The second-order valence-corrected chi connectivity index (χ2v) is 4.26. The smallest absolute Gasteiger partial charge is 0.224 e. The highest BCUT2D eigenvalue weighted by Crippen LogP contribution is 2.50. The van der Waals surface area contributed by atoms with E-state index < -0.39 is 0 Å². The highest BCUT2D eigenvalue weighted by molar-refractivity contribution is 7.71. The molecule has 1 fully saturated rings. The molecule has 1 aliphatic carbocycles. The van der Waals surface area contributed by atoms with Crippen molar-refractivity contribution in [1.82, 2.24) is 15.0 Å². The van der Waals surface area contributed by atoms with Crippen molar-refractivity contribution < 1.29 is 0 Å². The summed E-state index contributed by atoms with van der Waals surface area (Å²) in [5.41, 5.74) is 5.83. The summed E-state index contributed by atoms with van der Waals surface area (Å²) < 4.78 is 0.346. The van der Waals surface area contributed by atoms with Gasteiger partial charge < -0.3 is 10.7 Å². The Bertz CT molecular complexity index is 394. The van der Waals surface area contributed by atoms with E-state index in [1.807, 2.05) is 0 Å². The first-order valence-corrected chi connectivity index (χ1v) is 5.31. The lowest BCUT2D eigenvalue weighted by Crippen LogP contribution is -2.13. The number of hydrogen-bond donors (Lipinski definition) is 2. The maximum absolute atomic E-state index is 5.61. The molecule has 2 rings (SSSR count). The van der Waals surface area contributed by atoms with Crippen LogP contribution in [0, 0.1) is 4.77 Å². The van der Waals surface area contributed by atoms with Gasteiger partial charge in [-0.1, -0.05) is 13.3 Å². The molecular weight excluding hydrogens is 196 g/mol. The second kappa shape index (κ2) is 3.31. The number of nitrogens with zero attached hydrogens (tertiary/aromatic N) is 2. The van der Waals surface area contributed by atoms with E-state index in [9.17, 15) is 0 Å². The van der Waals surface area contributed by atoms with Gasteiger partial charge in [0, 0.05) is 5.41 Å². The molecule has 5 heteroatoms. The molecule has 0 unspecified atom stereocenters. The maximum atomic E-state index is 5.61. The predicted molar refractivity (Wildman–Crippen MR) is 57.4 cm³/mol. The van der Waals surface area contributed by atoms with Crippen molar-refractivity contribution in [3.8, 4) is 0 Å². The number of rotatable bonds is 3. The van der Waals surface area contributed by atoms with Crippen LogP contribution in [0.5, 0.6) is 0 Å². The number of H-pyrrole nitrogens is 1. The highest BCUT2D eigenvalue weighted by atomic mass is 32.1. The molecule has 0 aromatic carbocycles. The normalized spacial score (nSPS) is 18.1. The van der Waals surface area contributed by atoms with Crippen molar-refractivity contribution >= 4 is 18.2 Å². The van der Waals surface area contributed by atoms with E-state index in [0.29, 0.717) is 10.7 Å². The summed E-state index contributed by atoms with van der Waals surface area (Å²) in [5, 5.41) is 0. The molecule has 76 valence electrons. The first-order valence-electron chi connectivity index (χ1n) is 4.90. The predicted octanol–water partition coefficient (Wildman–Crippen LogP) is 1.95. The lowest BCUT2D eigenvalue weighted by atomic mass is 10.00. The molecule has 1 saturated carbocycles. The van der Waals surface area contributed by atoms with Crippen molar-refractivity contribution in [2.75, 3.05) is 5.73 Å². The van der Waals surface area contributed by atoms with Gasteiger partial charge >= 0.3 is 0 Å². The minimum absolute atomic E-state index is 0.222. The molecule has 0 spiro atoms. The topological polar surface area (TPSA) is 67.6 Å². The Kier molecular flexibility index (Phi) is 2.26. The van der Waals surface area contributed by atoms with Gasteiger partial charge in [-0.05, 0) is 31.5 Å². The number of nitrogens with two attached hydrogens (primary N) is 1. The Balaban J connectivity index is 2.36. The van der Waals surface area contributed by atoms with Crippen LogP contribution in [0.3, 0.4) is 0 Å². The Morgan fingerprint density at radius 2 is 2.21 bits per heavy atom. The zero-order valence-electron chi connectivity index (χ0n) is 8.21. The SMILES string of the molecule is CCCC1(c2nc(=S)nc(N)[nH]2)CC1. The zero-order valence-corrected chi connectivity index (χ0v) is 9.02. The third kappa shape index (κ3) is 1.64. The van der Waals surface area contributed by atoms with Crippen molar-refractivity contribution in [2.45, 2.75) is 38.0 Å². The summed E-state index contributed by atoms with van der Waals surface area (Å²) in [4.78, 5) is 11.1. The molecule has 0 radical (unpaired) electrons. The Morgan fingerprint density at radius 3 is 2.71 bits per heavy atom. The molecular formula is C9H14N4S. The fourth-order valence-corrected chi connectivity index (χ4v) is 2.08. The van der Waals surface area contributed by atoms with Gasteiger partial charge in [0.2, 0.25) is 10.7 Å². The van der Waals surface area contributed by atoms with Crippen molar-refractivity contribution in [3.05, 3.63) is 10.6 Å². The van der Waals surface area contributed by atoms with Crippen LogP contribution in [0.2, 0.25) is 0 Å². The molecule has 3 N–H and O–H groups in total. The third-order valence-electron chi connectivity index (χ3n) is 2.75. The minimum Gasteiger partial charge on any atom is -0.369 e. The second-order valence-electron chi connectivity index (χ2n) is 3.90. The van der Waals surface area contributed by atoms with Crippen LogP contribution in [-0.2, 0) is 5.41 Å². The van der Waals surface area contributed by atoms with E-state index in [-0.39, 0.29) is 5.41 Å². The van der Waals surface area contributed by atoms with Crippen LogP contribution in [-0.4, -0.2) is 15.0 Å². The number of aromatic nitrogens is 3. The first-order chi connectivity index (χ1) is 6.66. The molecule has 14 heavy (non-hydrogen) atoms. The van der Waals surface area contributed by atoms with E-state index in [1.165, 1.54) is 12.8 Å². The van der Waals surface area contributed by atoms with Crippen LogP contribution < -0.4 is 5.73 Å². The molecule has 1 aromatic rings. The number of nitrogens with one attached hydrogen (secondary N) is 1. The van der Waals surface area contributed by atoms with E-state index in [2.05, 4.69) is 21.9 Å². The van der Waals surface area contributed by atoms with Gasteiger partial charge in [0.15, 0.2) is 0 Å². The van der Waals surface area contributed by atoms with Crippen LogP contribution in [0.1, 0.15) is 38.4 Å². The zero-order chi connectivity index (χ0) is 10.2. The van der Waals surface area contributed by atoms with E-state index >= 15 is 0 Å². The van der Waals surface area contributed by atoms with Gasteiger partial charge in [-0.3, -0.25) is 0 Å². The van der Waals surface area contributed by atoms with Crippen LogP contribution in [0.15, 0.2) is 0 Å². The molecule has 0 aliphatic heterocycles. The van der Waals surface area contributed by atoms with Gasteiger partial charge in [-0.15, -0.1) is 0 Å². The molecule has 0 bridgehead atoms. The van der Waals surface area contributed by atoms with Crippen LogP contribution in [0.25, 0.3) is 0 Å². The summed E-state index contributed by atoms with van der Waals surface area (Å²) in [5.74, 6) is 1.30. The highest BCUT2D eigenvalue weighted by Gasteiger charge is 2.45. The molecule has 1 heterocycles. The molecule has 0 saturated heterocycles. The van der Waals surface area contributed by atoms with Gasteiger partial charge in [-0.25, -0.2) is 4.98 Å². The number of hydrogen-bond acceptors (Lipinski definition) is 4. The lowest BCUT2D eigenvalue weighted by Gasteiger charge is -2.12. The molecule has 1 aromatic heterocycles. The average Bonchev–Trinajstić information content (AvgIpc) is 2.84. The summed E-state index contributed by atoms with van der Waals surface area (Å²) in [6.07, 6.45) is 4.67. The van der Waals surface area contributed by atoms with Crippen LogP contribution in [0.4, 0.5) is 5.95 Å². The van der Waals surface area contributed by atoms with Gasteiger partial charge in [-0.2, -0.15) is 4.98 Å². The van der Waals surface area contributed by atoms with Crippen molar-refractivity contribution in [2.24, 2.45) is 0 Å². The average molecular weight is 210 g/mol. The lowest BCUT2D eigenvalue weighted by molar-refractivity contribution is 0.566. The first kappa shape index (κ1) is 9.58. The number of nitrogen functional groups attached to an aromatic ring is 1. The maximum Gasteiger partial charge on any atom is 0.224 e. The Morgan fingerprint density at radius 1 is 1.50 bits per heavy atom. The Labute approximate surface area is 88.0 Å². The van der Waals surface area contributed by atoms with Crippen LogP contribution >= 0.6 is 12.2 Å². The Hall–Kier alpha value is -0.970. The van der Waals surface area contributed by atoms with Crippen molar-refractivity contribution in [1.29, 1.82) is 0 Å². The molecule has 1 aliphatic rings. The van der Waals surface area contributed by atoms with E-state index in [4.69, 9.17) is 18.0 Å². The molecule has 0 atom stereocenters. The monoisotopic (exact) mass is 210 g/mol. The van der Waals surface area contributed by atoms with E-state index in [0.717, 1.165) is 18.7 Å². The van der Waals surface area contributed by atoms with Crippen molar-refractivity contribution in [3.63, 3.8) is 0 Å². The van der Waals surface area contributed by atoms with Gasteiger partial charge in [0.05, 0.1) is 0 Å². The van der Waals surface area contributed by atoms with E-state index in [1.54, 1.807) is 0 Å². The largest absolute Gasteiger partial charge is 0.369 e. The summed E-state index contributed by atoms with van der Waals surface area (Å²) in [6.45, 7) is 2.18. The summed E-state index contributed by atoms with van der Waals surface area (Å²) in [6, 6.07) is 0. The minimum atomic E-state index is 0.222. The number of aromatic amines is 1. The summed E-state index contributed by atoms with van der Waals surface area (Å²) in [7, 11) is 0. The summed E-state index contributed by atoms with van der Waals surface area (Å²) >= 11 is 4.95. The fourth-order valence-electron chi connectivity index (χ4n) is 1.89. The number of anilines is 1. The van der Waals surface area contributed by atoms with Gasteiger partial charge in [0.1, 0.15) is 5.82 Å². The van der Waals surface area contributed by atoms with Gasteiger partial charge in [0.25, 0.3) is 0 Å². The standard InChI is InChI=1S/C9H14N4S/c1-2-3-9(4-5-9)6-11-7(10)13-8(14)12-6/h2-5H2,1H3,(H3,10,11,12,13,14). The quantitative estimate of drug-likeness (QED) is 0.748. The fraction of sp³-hybridized carbons (Fsp3) is 0.667.